The zero-order chi connectivity index (χ0) is 13.8. The Hall–Kier alpha value is -1.61. The van der Waals surface area contributed by atoms with Crippen LogP contribution in [0, 0.1) is 0 Å². The van der Waals surface area contributed by atoms with Crippen molar-refractivity contribution in [2.24, 2.45) is 0 Å². The number of rotatable bonds is 4. The summed E-state index contributed by atoms with van der Waals surface area (Å²) in [4.78, 5) is 15.9. The minimum atomic E-state index is 0.296. The molecule has 1 aliphatic rings. The Kier molecular flexibility index (Phi) is 4.16. The van der Waals surface area contributed by atoms with Gasteiger partial charge < -0.3 is 4.90 Å². The van der Waals surface area contributed by atoms with Gasteiger partial charge in [-0.3, -0.25) is 4.79 Å². The Morgan fingerprint density at radius 3 is 2.80 bits per heavy atom. The third kappa shape index (κ3) is 2.93. The Morgan fingerprint density at radius 2 is 2.05 bits per heavy atom. The highest BCUT2D eigenvalue weighted by Crippen LogP contribution is 2.34. The molecule has 1 aromatic carbocycles. The molecule has 0 N–H and O–H groups in total. The molecule has 2 heterocycles. The van der Waals surface area contributed by atoms with Crippen molar-refractivity contribution in [3.05, 3.63) is 58.3 Å². The van der Waals surface area contributed by atoms with Crippen LogP contribution in [0.5, 0.6) is 0 Å². The van der Waals surface area contributed by atoms with Crippen molar-refractivity contribution in [3.8, 4) is 0 Å². The highest BCUT2D eigenvalue weighted by molar-refractivity contribution is 7.10. The van der Waals surface area contributed by atoms with E-state index in [2.05, 4.69) is 34.5 Å². The minimum Gasteiger partial charge on any atom is -0.335 e. The summed E-state index contributed by atoms with van der Waals surface area (Å²) in [6.07, 6.45) is 3.69. The van der Waals surface area contributed by atoms with E-state index in [9.17, 15) is 4.79 Å². The first kappa shape index (κ1) is 13.4. The van der Waals surface area contributed by atoms with Gasteiger partial charge in [-0.15, -0.1) is 11.3 Å². The van der Waals surface area contributed by atoms with Crippen LogP contribution < -0.4 is 0 Å². The van der Waals surface area contributed by atoms with Crippen LogP contribution in [0.1, 0.15) is 35.7 Å². The van der Waals surface area contributed by atoms with E-state index in [-0.39, 0.29) is 0 Å². The summed E-state index contributed by atoms with van der Waals surface area (Å²) in [5.74, 6) is 0.296. The maximum Gasteiger partial charge on any atom is 0.223 e. The lowest BCUT2D eigenvalue weighted by molar-refractivity contribution is -0.132. The number of hydrogen-bond acceptors (Lipinski definition) is 2. The first-order valence-corrected chi connectivity index (χ1v) is 8.09. The summed E-state index contributed by atoms with van der Waals surface area (Å²) >= 11 is 1.76. The van der Waals surface area contributed by atoms with Crippen molar-refractivity contribution in [3.63, 3.8) is 0 Å². The SMILES string of the molecule is O=C(CCc1ccccc1)N1CCCC1c1cccs1. The van der Waals surface area contributed by atoms with Crippen LogP contribution in [0.3, 0.4) is 0 Å². The number of nitrogens with zero attached hydrogens (tertiary/aromatic N) is 1. The lowest BCUT2D eigenvalue weighted by atomic mass is 10.1. The van der Waals surface area contributed by atoms with Gasteiger partial charge in [0, 0.05) is 17.8 Å². The van der Waals surface area contributed by atoms with Gasteiger partial charge in [-0.25, -0.2) is 0 Å². The van der Waals surface area contributed by atoms with E-state index in [1.54, 1.807) is 11.3 Å². The number of hydrogen-bond donors (Lipinski definition) is 0. The van der Waals surface area contributed by atoms with Crippen molar-refractivity contribution in [2.45, 2.75) is 31.7 Å². The molecular formula is C17H19NOS. The quantitative estimate of drug-likeness (QED) is 0.830. The minimum absolute atomic E-state index is 0.296. The van der Waals surface area contributed by atoms with E-state index in [4.69, 9.17) is 0 Å². The Morgan fingerprint density at radius 1 is 1.20 bits per heavy atom. The van der Waals surface area contributed by atoms with Gasteiger partial charge in [-0.05, 0) is 36.3 Å². The van der Waals surface area contributed by atoms with Gasteiger partial charge >= 0.3 is 0 Å². The summed E-state index contributed by atoms with van der Waals surface area (Å²) in [6.45, 7) is 0.913. The maximum absolute atomic E-state index is 12.5. The van der Waals surface area contributed by atoms with Crippen LogP contribution in [-0.2, 0) is 11.2 Å². The van der Waals surface area contributed by atoms with Gasteiger partial charge in [0.05, 0.1) is 6.04 Å². The molecule has 20 heavy (non-hydrogen) atoms. The van der Waals surface area contributed by atoms with E-state index in [1.165, 1.54) is 10.4 Å². The molecule has 0 radical (unpaired) electrons. The molecule has 104 valence electrons. The number of carbonyl (C=O) groups excluding carboxylic acids is 1. The molecule has 1 saturated heterocycles. The predicted octanol–water partition coefficient (Wildman–Crippen LogP) is 4.04. The number of thiophene rings is 1. The lowest BCUT2D eigenvalue weighted by Crippen LogP contribution is -2.30. The third-order valence-corrected chi connectivity index (χ3v) is 4.89. The normalized spacial score (nSPS) is 18.4. The Labute approximate surface area is 124 Å². The zero-order valence-electron chi connectivity index (χ0n) is 11.5. The van der Waals surface area contributed by atoms with Crippen molar-refractivity contribution in [1.29, 1.82) is 0 Å². The second-order valence-electron chi connectivity index (χ2n) is 5.25. The number of carbonyl (C=O) groups is 1. The first-order valence-electron chi connectivity index (χ1n) is 7.21. The fourth-order valence-corrected chi connectivity index (χ4v) is 3.76. The van der Waals surface area contributed by atoms with Crippen molar-refractivity contribution < 1.29 is 4.79 Å². The lowest BCUT2D eigenvalue weighted by Gasteiger charge is -2.24. The molecule has 1 aliphatic heterocycles. The largest absolute Gasteiger partial charge is 0.335 e. The van der Waals surface area contributed by atoms with Gasteiger partial charge in [-0.1, -0.05) is 36.4 Å². The molecule has 0 saturated carbocycles. The standard InChI is InChI=1S/C17H19NOS/c19-17(11-10-14-6-2-1-3-7-14)18-12-4-8-15(18)16-9-5-13-20-16/h1-3,5-7,9,13,15H,4,8,10-12H2. The van der Waals surface area contributed by atoms with Crippen molar-refractivity contribution >= 4 is 17.2 Å². The topological polar surface area (TPSA) is 20.3 Å². The van der Waals surface area contributed by atoms with E-state index in [1.807, 2.05) is 18.2 Å². The number of benzene rings is 1. The average Bonchev–Trinajstić information content (AvgIpc) is 3.15. The smallest absolute Gasteiger partial charge is 0.223 e. The molecule has 0 bridgehead atoms. The summed E-state index contributed by atoms with van der Waals surface area (Å²) in [5.41, 5.74) is 1.24. The van der Waals surface area contributed by atoms with E-state index >= 15 is 0 Å². The molecule has 1 unspecified atom stereocenters. The molecule has 1 amide bonds. The molecule has 3 rings (SSSR count). The predicted molar refractivity (Wildman–Crippen MR) is 82.8 cm³/mol. The summed E-state index contributed by atoms with van der Waals surface area (Å²) in [6, 6.07) is 14.8. The molecule has 3 heteroatoms. The fourth-order valence-electron chi connectivity index (χ4n) is 2.88. The molecule has 1 atom stereocenters. The number of aryl methyl sites for hydroxylation is 1. The monoisotopic (exact) mass is 285 g/mol. The first-order chi connectivity index (χ1) is 9.84. The maximum atomic E-state index is 12.5. The van der Waals surface area contributed by atoms with Crippen molar-refractivity contribution in [2.75, 3.05) is 6.54 Å². The van der Waals surface area contributed by atoms with Gasteiger partial charge in [0.1, 0.15) is 0 Å². The highest BCUT2D eigenvalue weighted by Gasteiger charge is 2.29. The van der Waals surface area contributed by atoms with Crippen molar-refractivity contribution in [1.82, 2.24) is 4.90 Å². The Bertz CT molecular complexity index is 550. The van der Waals surface area contributed by atoms with Crippen LogP contribution in [-0.4, -0.2) is 17.4 Å². The summed E-state index contributed by atoms with van der Waals surface area (Å²) in [5, 5.41) is 2.10. The molecule has 2 nitrogen and oxygen atoms in total. The number of likely N-dealkylation sites (tertiary alicyclic amines) is 1. The average molecular weight is 285 g/mol. The van der Waals surface area contributed by atoms with Gasteiger partial charge in [0.15, 0.2) is 0 Å². The molecule has 0 aliphatic carbocycles. The van der Waals surface area contributed by atoms with Crippen LogP contribution in [0.25, 0.3) is 0 Å². The molecule has 1 fully saturated rings. The van der Waals surface area contributed by atoms with Crippen LogP contribution in [0.15, 0.2) is 47.8 Å². The summed E-state index contributed by atoms with van der Waals surface area (Å²) in [7, 11) is 0. The van der Waals surface area contributed by atoms with Crippen LogP contribution >= 0.6 is 11.3 Å². The third-order valence-electron chi connectivity index (χ3n) is 3.92. The molecule has 1 aromatic heterocycles. The van der Waals surface area contributed by atoms with E-state index < -0.39 is 0 Å². The number of amides is 1. The zero-order valence-corrected chi connectivity index (χ0v) is 12.3. The molecule has 2 aromatic rings. The fraction of sp³-hybridized carbons (Fsp3) is 0.353. The second-order valence-corrected chi connectivity index (χ2v) is 6.23. The van der Waals surface area contributed by atoms with E-state index in [0.717, 1.165) is 25.8 Å². The van der Waals surface area contributed by atoms with Crippen LogP contribution in [0.4, 0.5) is 0 Å². The highest BCUT2D eigenvalue weighted by atomic mass is 32.1. The Balaban J connectivity index is 1.62. The molecular weight excluding hydrogens is 266 g/mol. The van der Waals surface area contributed by atoms with Crippen LogP contribution in [0.2, 0.25) is 0 Å². The van der Waals surface area contributed by atoms with Gasteiger partial charge in [0.25, 0.3) is 0 Å². The van der Waals surface area contributed by atoms with E-state index in [0.29, 0.717) is 18.4 Å². The molecule has 0 spiro atoms. The second kappa shape index (κ2) is 6.23. The van der Waals surface area contributed by atoms with Gasteiger partial charge in [-0.2, -0.15) is 0 Å². The summed E-state index contributed by atoms with van der Waals surface area (Å²) < 4.78 is 0. The van der Waals surface area contributed by atoms with Gasteiger partial charge in [0.2, 0.25) is 5.91 Å².